The number of ether oxygens (including phenoxy) is 1. The van der Waals surface area contributed by atoms with Crippen molar-refractivity contribution < 1.29 is 26.7 Å². The molecule has 0 aliphatic rings. The highest BCUT2D eigenvalue weighted by Crippen LogP contribution is 2.29. The second kappa shape index (κ2) is 4.51. The van der Waals surface area contributed by atoms with Crippen LogP contribution in [0.25, 0.3) is 0 Å². The first-order valence-corrected chi connectivity index (χ1v) is 4.14. The van der Waals surface area contributed by atoms with Crippen LogP contribution >= 0.6 is 0 Å². The molecule has 0 bridgehead atoms. The van der Waals surface area contributed by atoms with Gasteiger partial charge in [-0.3, -0.25) is 0 Å². The molecule has 0 aliphatic heterocycles. The van der Waals surface area contributed by atoms with Gasteiger partial charge < -0.3 is 4.74 Å². The summed E-state index contributed by atoms with van der Waals surface area (Å²) in [4.78, 5) is 0. The minimum Gasteiger partial charge on any atom is -0.483 e. The Labute approximate surface area is 88.1 Å². The van der Waals surface area contributed by atoms with Crippen molar-refractivity contribution in [3.8, 4) is 5.75 Å². The molecule has 1 rings (SSSR count). The van der Waals surface area contributed by atoms with E-state index in [9.17, 15) is 22.0 Å². The molecule has 1 aromatic carbocycles. The Morgan fingerprint density at radius 1 is 0.938 bits per heavy atom. The number of hydrogen-bond donors (Lipinski definition) is 0. The van der Waals surface area contributed by atoms with E-state index >= 15 is 0 Å². The van der Waals surface area contributed by atoms with Gasteiger partial charge in [0, 0.05) is 0 Å². The lowest BCUT2D eigenvalue weighted by Crippen LogP contribution is -2.08. The summed E-state index contributed by atoms with van der Waals surface area (Å²) in [5, 5.41) is 0. The zero-order chi connectivity index (χ0) is 12.5. The van der Waals surface area contributed by atoms with E-state index in [0.29, 0.717) is 5.57 Å². The summed E-state index contributed by atoms with van der Waals surface area (Å²) in [6.07, 6.45) is 0. The van der Waals surface area contributed by atoms with E-state index in [2.05, 4.69) is 11.3 Å². The smallest absolute Gasteiger partial charge is 0.207 e. The molecular weight excluding hydrogens is 231 g/mol. The fourth-order valence-electron chi connectivity index (χ4n) is 0.907. The van der Waals surface area contributed by atoms with Crippen LogP contribution < -0.4 is 4.74 Å². The Bertz CT molecular complexity index is 412. The molecule has 88 valence electrons. The monoisotopic (exact) mass is 238 g/mol. The van der Waals surface area contributed by atoms with Gasteiger partial charge in [0.15, 0.2) is 5.75 Å². The lowest BCUT2D eigenvalue weighted by molar-refractivity contribution is 0.282. The normalized spacial score (nSPS) is 10.4. The zero-order valence-corrected chi connectivity index (χ0v) is 8.21. The molecule has 16 heavy (non-hydrogen) atoms. The van der Waals surface area contributed by atoms with Crippen molar-refractivity contribution in [1.29, 1.82) is 0 Å². The first-order chi connectivity index (χ1) is 7.36. The van der Waals surface area contributed by atoms with Crippen molar-refractivity contribution >= 4 is 0 Å². The molecule has 0 unspecified atom stereocenters. The van der Waals surface area contributed by atoms with E-state index in [4.69, 9.17) is 0 Å². The molecule has 0 N–H and O–H groups in total. The third-order valence-electron chi connectivity index (χ3n) is 1.63. The molecule has 0 radical (unpaired) electrons. The number of hydrogen-bond acceptors (Lipinski definition) is 1. The average molecular weight is 238 g/mol. The van der Waals surface area contributed by atoms with Crippen LogP contribution in [0.1, 0.15) is 6.92 Å². The minimum atomic E-state index is -2.21. The van der Waals surface area contributed by atoms with Crippen LogP contribution in [-0.4, -0.2) is 6.61 Å². The third kappa shape index (κ3) is 2.15. The van der Waals surface area contributed by atoms with Gasteiger partial charge >= 0.3 is 0 Å². The van der Waals surface area contributed by atoms with Crippen molar-refractivity contribution in [2.24, 2.45) is 0 Å². The van der Waals surface area contributed by atoms with E-state index in [1.165, 1.54) is 6.92 Å². The molecule has 0 spiro atoms. The molecule has 1 nitrogen and oxygen atoms in total. The minimum absolute atomic E-state index is 0.335. The van der Waals surface area contributed by atoms with Crippen LogP contribution in [0, 0.1) is 29.1 Å². The number of benzene rings is 1. The fraction of sp³-hybridized carbons (Fsp3) is 0.200. The van der Waals surface area contributed by atoms with E-state index in [1.54, 1.807) is 0 Å². The molecule has 1 aromatic rings. The highest BCUT2D eigenvalue weighted by atomic mass is 19.2. The maximum atomic E-state index is 13.0. The summed E-state index contributed by atoms with van der Waals surface area (Å²) in [5.74, 6) is -11.5. The van der Waals surface area contributed by atoms with Gasteiger partial charge in [0.25, 0.3) is 0 Å². The summed E-state index contributed by atoms with van der Waals surface area (Å²) in [6, 6.07) is 0. The summed E-state index contributed by atoms with van der Waals surface area (Å²) < 4.78 is 68.3. The van der Waals surface area contributed by atoms with Gasteiger partial charge in [-0.2, -0.15) is 8.78 Å². The van der Waals surface area contributed by atoms with E-state index in [1.807, 2.05) is 0 Å². The zero-order valence-electron chi connectivity index (χ0n) is 8.21. The lowest BCUT2D eigenvalue weighted by Gasteiger charge is -2.09. The van der Waals surface area contributed by atoms with Crippen molar-refractivity contribution in [2.75, 3.05) is 6.61 Å². The first kappa shape index (κ1) is 12.5. The molecule has 0 saturated carbocycles. The molecule has 0 saturated heterocycles. The van der Waals surface area contributed by atoms with Crippen LogP contribution in [-0.2, 0) is 0 Å². The Morgan fingerprint density at radius 2 is 1.31 bits per heavy atom. The van der Waals surface area contributed by atoms with Crippen LogP contribution in [0.4, 0.5) is 22.0 Å². The molecule has 6 heteroatoms. The maximum absolute atomic E-state index is 13.0. The number of halogens is 5. The SMILES string of the molecule is C=C(C)COc1c(F)c(F)c(F)c(F)c1F. The third-order valence-corrected chi connectivity index (χ3v) is 1.63. The van der Waals surface area contributed by atoms with Gasteiger partial charge in [-0.15, -0.1) is 0 Å². The summed E-state index contributed by atoms with van der Waals surface area (Å²) >= 11 is 0. The van der Waals surface area contributed by atoms with Crippen molar-refractivity contribution in [1.82, 2.24) is 0 Å². The largest absolute Gasteiger partial charge is 0.483 e. The van der Waals surface area contributed by atoms with E-state index in [0.717, 1.165) is 0 Å². The highest BCUT2D eigenvalue weighted by Gasteiger charge is 2.26. The molecule has 0 heterocycles. The summed E-state index contributed by atoms with van der Waals surface area (Å²) in [5.41, 5.74) is 0.379. The van der Waals surface area contributed by atoms with Gasteiger partial charge in [-0.1, -0.05) is 6.58 Å². The predicted octanol–water partition coefficient (Wildman–Crippen LogP) is 3.34. The summed E-state index contributed by atoms with van der Waals surface area (Å²) in [7, 11) is 0. The topological polar surface area (TPSA) is 9.23 Å². The standard InChI is InChI=1S/C10H7F5O/c1-4(2)3-16-10-8(14)6(12)5(11)7(13)9(10)15/h1,3H2,2H3. The average Bonchev–Trinajstić information content (AvgIpc) is 2.23. The van der Waals surface area contributed by atoms with Gasteiger partial charge in [-0.05, 0) is 12.5 Å². The molecule has 0 amide bonds. The van der Waals surface area contributed by atoms with Crippen LogP contribution in [0.15, 0.2) is 12.2 Å². The molecular formula is C10H7F5O. The lowest BCUT2D eigenvalue weighted by atomic mass is 10.2. The first-order valence-electron chi connectivity index (χ1n) is 4.14. The Hall–Kier alpha value is -1.59. The van der Waals surface area contributed by atoms with Gasteiger partial charge in [-0.25, -0.2) is 13.2 Å². The van der Waals surface area contributed by atoms with Gasteiger partial charge in [0.2, 0.25) is 29.1 Å². The Kier molecular flexibility index (Phi) is 3.51. The van der Waals surface area contributed by atoms with Crippen molar-refractivity contribution in [2.45, 2.75) is 6.92 Å². The number of rotatable bonds is 3. The molecule has 0 fully saturated rings. The fourth-order valence-corrected chi connectivity index (χ4v) is 0.907. The van der Waals surface area contributed by atoms with Gasteiger partial charge in [0.1, 0.15) is 6.61 Å². The second-order valence-electron chi connectivity index (χ2n) is 3.14. The quantitative estimate of drug-likeness (QED) is 0.339. The highest BCUT2D eigenvalue weighted by molar-refractivity contribution is 5.30. The van der Waals surface area contributed by atoms with Gasteiger partial charge in [0.05, 0.1) is 0 Å². The van der Waals surface area contributed by atoms with Crippen LogP contribution in [0.2, 0.25) is 0 Å². The Balaban J connectivity index is 3.23. The van der Waals surface area contributed by atoms with Crippen molar-refractivity contribution in [3.05, 3.63) is 41.2 Å². The maximum Gasteiger partial charge on any atom is 0.207 e. The van der Waals surface area contributed by atoms with Crippen LogP contribution in [0.3, 0.4) is 0 Å². The molecule has 0 aromatic heterocycles. The van der Waals surface area contributed by atoms with E-state index in [-0.39, 0.29) is 6.61 Å². The molecule has 0 atom stereocenters. The summed E-state index contributed by atoms with van der Waals surface area (Å²) in [6.45, 7) is 4.50. The Morgan fingerprint density at radius 3 is 1.69 bits per heavy atom. The second-order valence-corrected chi connectivity index (χ2v) is 3.14. The van der Waals surface area contributed by atoms with Crippen molar-refractivity contribution in [3.63, 3.8) is 0 Å². The van der Waals surface area contributed by atoms with E-state index < -0.39 is 34.8 Å². The van der Waals surface area contributed by atoms with Crippen LogP contribution in [0.5, 0.6) is 5.75 Å². The predicted molar refractivity (Wildman–Crippen MR) is 46.5 cm³/mol. The molecule has 0 aliphatic carbocycles.